The monoisotopic (exact) mass is 439 g/mol. The SMILES string of the molecule is CCc1nnc(NC(=O)C(C)n2cnc3sc(C)c(-c4ccc(C)cc4)c3c2=O)s1. The van der Waals surface area contributed by atoms with Crippen LogP contribution >= 0.6 is 22.7 Å². The van der Waals surface area contributed by atoms with Crippen LogP contribution in [0.4, 0.5) is 5.13 Å². The van der Waals surface area contributed by atoms with Crippen LogP contribution in [0.5, 0.6) is 0 Å². The molecule has 4 rings (SSSR count). The van der Waals surface area contributed by atoms with Crippen LogP contribution in [0, 0.1) is 13.8 Å². The van der Waals surface area contributed by atoms with Gasteiger partial charge in [0.15, 0.2) is 0 Å². The number of thiophene rings is 1. The van der Waals surface area contributed by atoms with E-state index in [0.29, 0.717) is 15.3 Å². The van der Waals surface area contributed by atoms with Gasteiger partial charge >= 0.3 is 0 Å². The highest BCUT2D eigenvalue weighted by Gasteiger charge is 2.22. The number of nitrogens with zero attached hydrogens (tertiary/aromatic N) is 4. The molecule has 0 aliphatic rings. The summed E-state index contributed by atoms with van der Waals surface area (Å²) >= 11 is 2.82. The molecule has 154 valence electrons. The van der Waals surface area contributed by atoms with Crippen molar-refractivity contribution in [3.05, 3.63) is 56.4 Å². The summed E-state index contributed by atoms with van der Waals surface area (Å²) in [6.07, 6.45) is 2.20. The first-order valence-electron chi connectivity index (χ1n) is 9.59. The summed E-state index contributed by atoms with van der Waals surface area (Å²) in [6.45, 7) is 7.67. The van der Waals surface area contributed by atoms with Gasteiger partial charge in [0.2, 0.25) is 11.0 Å². The second-order valence-corrected chi connectivity index (χ2v) is 9.32. The van der Waals surface area contributed by atoms with Crippen molar-refractivity contribution < 1.29 is 4.79 Å². The molecule has 0 bridgehead atoms. The molecule has 0 saturated heterocycles. The quantitative estimate of drug-likeness (QED) is 0.499. The molecule has 0 fully saturated rings. The van der Waals surface area contributed by atoms with Crippen molar-refractivity contribution in [3.63, 3.8) is 0 Å². The van der Waals surface area contributed by atoms with E-state index >= 15 is 0 Å². The Morgan fingerprint density at radius 1 is 1.17 bits per heavy atom. The summed E-state index contributed by atoms with van der Waals surface area (Å²) in [5.74, 6) is -0.333. The predicted molar refractivity (Wildman–Crippen MR) is 121 cm³/mol. The maximum Gasteiger partial charge on any atom is 0.263 e. The van der Waals surface area contributed by atoms with Crippen molar-refractivity contribution >= 4 is 43.9 Å². The van der Waals surface area contributed by atoms with Crippen LogP contribution in [0.25, 0.3) is 21.3 Å². The van der Waals surface area contributed by atoms with Gasteiger partial charge in [-0.05, 0) is 32.8 Å². The van der Waals surface area contributed by atoms with E-state index in [2.05, 4.69) is 20.5 Å². The number of amides is 1. The van der Waals surface area contributed by atoms with Crippen molar-refractivity contribution in [2.45, 2.75) is 40.2 Å². The van der Waals surface area contributed by atoms with Gasteiger partial charge in [-0.1, -0.05) is 48.1 Å². The molecule has 1 amide bonds. The molecular formula is C21H21N5O2S2. The summed E-state index contributed by atoms with van der Waals surface area (Å²) in [5.41, 5.74) is 2.78. The van der Waals surface area contributed by atoms with Crippen LogP contribution < -0.4 is 10.9 Å². The first-order chi connectivity index (χ1) is 14.4. The zero-order valence-electron chi connectivity index (χ0n) is 17.1. The third-order valence-electron chi connectivity index (χ3n) is 4.95. The van der Waals surface area contributed by atoms with Crippen LogP contribution in [-0.2, 0) is 11.2 Å². The largest absolute Gasteiger partial charge is 0.299 e. The topological polar surface area (TPSA) is 89.8 Å². The third kappa shape index (κ3) is 3.66. The fourth-order valence-electron chi connectivity index (χ4n) is 3.24. The zero-order valence-corrected chi connectivity index (χ0v) is 18.7. The van der Waals surface area contributed by atoms with Crippen LogP contribution in [0.1, 0.15) is 35.3 Å². The number of benzene rings is 1. The van der Waals surface area contributed by atoms with Crippen molar-refractivity contribution in [2.75, 3.05) is 5.32 Å². The van der Waals surface area contributed by atoms with Gasteiger partial charge < -0.3 is 0 Å². The molecular weight excluding hydrogens is 418 g/mol. The van der Waals surface area contributed by atoms with E-state index in [4.69, 9.17) is 0 Å². The zero-order chi connectivity index (χ0) is 21.4. The second-order valence-electron chi connectivity index (χ2n) is 7.06. The molecule has 7 nitrogen and oxygen atoms in total. The molecule has 1 aromatic carbocycles. The molecule has 1 unspecified atom stereocenters. The highest BCUT2D eigenvalue weighted by molar-refractivity contribution is 7.19. The number of rotatable bonds is 5. The smallest absolute Gasteiger partial charge is 0.263 e. The normalized spacial score (nSPS) is 12.3. The lowest BCUT2D eigenvalue weighted by atomic mass is 10.0. The summed E-state index contributed by atoms with van der Waals surface area (Å²) in [5, 5.41) is 12.5. The van der Waals surface area contributed by atoms with E-state index in [0.717, 1.165) is 33.0 Å². The minimum atomic E-state index is -0.741. The van der Waals surface area contributed by atoms with Crippen LogP contribution in [0.15, 0.2) is 35.4 Å². The Hall–Kier alpha value is -2.91. The molecule has 4 aromatic rings. The predicted octanol–water partition coefficient (Wildman–Crippen LogP) is 4.36. The number of carbonyl (C=O) groups excluding carboxylic acids is 1. The molecule has 0 spiro atoms. The average Bonchev–Trinajstić information content (AvgIpc) is 3.32. The number of hydrogen-bond acceptors (Lipinski definition) is 7. The average molecular weight is 440 g/mol. The summed E-state index contributed by atoms with van der Waals surface area (Å²) < 4.78 is 1.38. The number of anilines is 1. The lowest BCUT2D eigenvalue weighted by Crippen LogP contribution is -2.31. The van der Waals surface area contributed by atoms with Gasteiger partial charge in [0.1, 0.15) is 15.9 Å². The van der Waals surface area contributed by atoms with Gasteiger partial charge in [-0.25, -0.2) is 4.98 Å². The van der Waals surface area contributed by atoms with Crippen LogP contribution in [0.3, 0.4) is 0 Å². The van der Waals surface area contributed by atoms with E-state index < -0.39 is 6.04 Å². The number of carbonyl (C=O) groups is 1. The van der Waals surface area contributed by atoms with Crippen molar-refractivity contribution in [3.8, 4) is 11.1 Å². The molecule has 0 radical (unpaired) electrons. The molecule has 30 heavy (non-hydrogen) atoms. The number of hydrogen-bond donors (Lipinski definition) is 1. The Kier molecular flexibility index (Phi) is 5.48. The Morgan fingerprint density at radius 3 is 2.57 bits per heavy atom. The Morgan fingerprint density at radius 2 is 1.90 bits per heavy atom. The summed E-state index contributed by atoms with van der Waals surface area (Å²) in [6, 6.07) is 7.33. The first kappa shape index (κ1) is 20.4. The molecule has 0 aliphatic carbocycles. The maximum absolute atomic E-state index is 13.4. The van der Waals surface area contributed by atoms with Crippen molar-refractivity contribution in [1.29, 1.82) is 0 Å². The maximum atomic E-state index is 13.4. The fourth-order valence-corrected chi connectivity index (χ4v) is 4.93. The molecule has 3 heterocycles. The van der Waals surface area contributed by atoms with E-state index in [-0.39, 0.29) is 11.5 Å². The highest BCUT2D eigenvalue weighted by Crippen LogP contribution is 2.35. The van der Waals surface area contributed by atoms with Gasteiger partial charge in [0.05, 0.1) is 11.7 Å². The van der Waals surface area contributed by atoms with Gasteiger partial charge in [-0.3, -0.25) is 19.5 Å². The lowest BCUT2D eigenvalue weighted by molar-refractivity contribution is -0.118. The Balaban J connectivity index is 1.73. The van der Waals surface area contributed by atoms with Gasteiger partial charge in [0, 0.05) is 10.4 Å². The number of fused-ring (bicyclic) bond motifs is 1. The molecule has 9 heteroatoms. The molecule has 1 N–H and O–H groups in total. The van der Waals surface area contributed by atoms with E-state index in [1.54, 1.807) is 6.92 Å². The number of nitrogens with one attached hydrogen (secondary N) is 1. The summed E-state index contributed by atoms with van der Waals surface area (Å²) in [7, 11) is 0. The fraction of sp³-hybridized carbons (Fsp3) is 0.286. The van der Waals surface area contributed by atoms with E-state index in [9.17, 15) is 9.59 Å². The third-order valence-corrected chi connectivity index (χ3v) is 6.95. The minimum Gasteiger partial charge on any atom is -0.299 e. The van der Waals surface area contributed by atoms with E-state index in [1.165, 1.54) is 33.6 Å². The van der Waals surface area contributed by atoms with Crippen LogP contribution in [0.2, 0.25) is 0 Å². The highest BCUT2D eigenvalue weighted by atomic mass is 32.1. The molecule has 0 aliphatic heterocycles. The van der Waals surface area contributed by atoms with Crippen molar-refractivity contribution in [1.82, 2.24) is 19.7 Å². The second kappa shape index (κ2) is 8.08. The first-order valence-corrected chi connectivity index (χ1v) is 11.2. The Bertz CT molecular complexity index is 1290. The molecule has 1 atom stereocenters. The van der Waals surface area contributed by atoms with E-state index in [1.807, 2.05) is 45.0 Å². The molecule has 0 saturated carbocycles. The lowest BCUT2D eigenvalue weighted by Gasteiger charge is -2.14. The van der Waals surface area contributed by atoms with Gasteiger partial charge in [-0.2, -0.15) is 0 Å². The summed E-state index contributed by atoms with van der Waals surface area (Å²) in [4.78, 5) is 32.3. The standard InChI is InChI=1S/C21H21N5O2S2/c1-5-15-24-25-21(30-15)23-18(27)12(3)26-10-22-19-17(20(26)28)16(13(4)29-19)14-8-6-11(2)7-9-14/h6-10,12H,5H2,1-4H3,(H,23,25,27). The minimum absolute atomic E-state index is 0.228. The van der Waals surface area contributed by atoms with Gasteiger partial charge in [0.25, 0.3) is 5.56 Å². The Labute approximate surface area is 181 Å². The van der Waals surface area contributed by atoms with Crippen molar-refractivity contribution in [2.24, 2.45) is 0 Å². The molecule has 3 aromatic heterocycles. The number of aromatic nitrogens is 4. The number of aryl methyl sites for hydroxylation is 3. The van der Waals surface area contributed by atoms with Crippen LogP contribution in [-0.4, -0.2) is 25.7 Å². The van der Waals surface area contributed by atoms with Gasteiger partial charge in [-0.15, -0.1) is 21.5 Å².